The highest BCUT2D eigenvalue weighted by Gasteiger charge is 2.31. The van der Waals surface area contributed by atoms with E-state index in [1.54, 1.807) is 25.1 Å². The molecule has 2 aromatic carbocycles. The summed E-state index contributed by atoms with van der Waals surface area (Å²) in [6.45, 7) is 5.87. The Balaban J connectivity index is 1.54. The van der Waals surface area contributed by atoms with E-state index in [0.717, 1.165) is 27.6 Å². The van der Waals surface area contributed by atoms with Crippen LogP contribution in [0.25, 0.3) is 0 Å². The van der Waals surface area contributed by atoms with E-state index in [-0.39, 0.29) is 5.91 Å². The van der Waals surface area contributed by atoms with E-state index < -0.39 is 11.7 Å². The van der Waals surface area contributed by atoms with Gasteiger partial charge in [-0.3, -0.25) is 4.79 Å². The second kappa shape index (κ2) is 9.74. The van der Waals surface area contributed by atoms with Gasteiger partial charge in [-0.05, 0) is 49.7 Å². The lowest BCUT2D eigenvalue weighted by molar-refractivity contribution is -0.137. The Bertz CT molecular complexity index is 1190. The smallest absolute Gasteiger partial charge is 0.353 e. The minimum absolute atomic E-state index is 0.0219. The first-order chi connectivity index (χ1) is 16.1. The molecular formula is C25H24BrF3N4O. The number of aromatic nitrogens is 2. The first-order valence-corrected chi connectivity index (χ1v) is 11.7. The molecule has 5 nitrogen and oxygen atoms in total. The van der Waals surface area contributed by atoms with E-state index in [2.05, 4.69) is 30.8 Å². The van der Waals surface area contributed by atoms with E-state index in [9.17, 15) is 18.0 Å². The van der Waals surface area contributed by atoms with Crippen molar-refractivity contribution in [3.05, 3.63) is 86.8 Å². The summed E-state index contributed by atoms with van der Waals surface area (Å²) >= 11 is 3.38. The number of aryl methyl sites for hydroxylation is 2. The third-order valence-corrected chi connectivity index (χ3v) is 6.43. The van der Waals surface area contributed by atoms with Gasteiger partial charge in [0.2, 0.25) is 0 Å². The quantitative estimate of drug-likeness (QED) is 0.449. The van der Waals surface area contributed by atoms with Crippen molar-refractivity contribution in [2.75, 3.05) is 31.1 Å². The second-order valence-electron chi connectivity index (χ2n) is 8.32. The summed E-state index contributed by atoms with van der Waals surface area (Å²) < 4.78 is 40.5. The predicted octanol–water partition coefficient (Wildman–Crippen LogP) is 5.43. The summed E-state index contributed by atoms with van der Waals surface area (Å²) in [6, 6.07) is 12.6. The molecule has 34 heavy (non-hydrogen) atoms. The van der Waals surface area contributed by atoms with Gasteiger partial charge in [0.05, 0.1) is 5.56 Å². The van der Waals surface area contributed by atoms with Crippen LogP contribution in [0.4, 0.5) is 19.0 Å². The standard InChI is InChI=1S/C25H24BrF3N4O/c1-16-22(15-18-4-3-5-20(14-18)25(27,28)29)23(31-17(2)30-16)32-10-12-33(13-11-32)24(34)19-6-8-21(26)9-7-19/h3-9,14H,10-13,15H2,1-2H3. The largest absolute Gasteiger partial charge is 0.416 e. The minimum Gasteiger partial charge on any atom is -0.353 e. The molecule has 178 valence electrons. The van der Waals surface area contributed by atoms with Gasteiger partial charge in [-0.25, -0.2) is 9.97 Å². The van der Waals surface area contributed by atoms with Crippen LogP contribution in [-0.2, 0) is 12.6 Å². The number of hydrogen-bond acceptors (Lipinski definition) is 4. The van der Waals surface area contributed by atoms with Crippen molar-refractivity contribution in [3.8, 4) is 0 Å². The molecule has 4 rings (SSSR count). The van der Waals surface area contributed by atoms with Crippen LogP contribution in [0, 0.1) is 13.8 Å². The molecule has 0 aliphatic carbocycles. The highest BCUT2D eigenvalue weighted by Crippen LogP contribution is 2.31. The van der Waals surface area contributed by atoms with Crippen LogP contribution in [0.3, 0.4) is 0 Å². The summed E-state index contributed by atoms with van der Waals surface area (Å²) in [5.41, 5.74) is 2.06. The number of benzene rings is 2. The molecule has 2 heterocycles. The zero-order valence-corrected chi connectivity index (χ0v) is 20.4. The van der Waals surface area contributed by atoms with Crippen molar-refractivity contribution in [1.82, 2.24) is 14.9 Å². The molecular weight excluding hydrogens is 509 g/mol. The molecule has 0 atom stereocenters. The Morgan fingerprint density at radius 2 is 1.68 bits per heavy atom. The van der Waals surface area contributed by atoms with Gasteiger partial charge in [0, 0.05) is 53.9 Å². The summed E-state index contributed by atoms with van der Waals surface area (Å²) in [4.78, 5) is 25.9. The van der Waals surface area contributed by atoms with Crippen LogP contribution in [0.2, 0.25) is 0 Å². The molecule has 1 aromatic heterocycles. The Hall–Kier alpha value is -2.94. The molecule has 3 aromatic rings. The number of rotatable bonds is 4. The van der Waals surface area contributed by atoms with Crippen LogP contribution < -0.4 is 4.90 Å². The van der Waals surface area contributed by atoms with Crippen molar-refractivity contribution < 1.29 is 18.0 Å². The summed E-state index contributed by atoms with van der Waals surface area (Å²) in [5, 5.41) is 0. The van der Waals surface area contributed by atoms with E-state index in [0.29, 0.717) is 49.6 Å². The van der Waals surface area contributed by atoms with Crippen LogP contribution in [0.5, 0.6) is 0 Å². The molecule has 0 bridgehead atoms. The highest BCUT2D eigenvalue weighted by molar-refractivity contribution is 9.10. The average Bonchev–Trinajstić information content (AvgIpc) is 2.80. The van der Waals surface area contributed by atoms with Gasteiger partial charge >= 0.3 is 6.18 Å². The van der Waals surface area contributed by atoms with Gasteiger partial charge in [-0.1, -0.05) is 34.1 Å². The summed E-state index contributed by atoms with van der Waals surface area (Å²) in [6.07, 6.45) is -4.10. The molecule has 0 N–H and O–H groups in total. The molecule has 1 amide bonds. The monoisotopic (exact) mass is 532 g/mol. The van der Waals surface area contributed by atoms with E-state index in [4.69, 9.17) is 0 Å². The molecule has 9 heteroatoms. The maximum Gasteiger partial charge on any atom is 0.416 e. The Labute approximate surface area is 204 Å². The number of alkyl halides is 3. The molecule has 0 radical (unpaired) electrons. The van der Waals surface area contributed by atoms with E-state index in [1.807, 2.05) is 24.0 Å². The molecule has 1 aliphatic heterocycles. The number of carbonyl (C=O) groups is 1. The lowest BCUT2D eigenvalue weighted by Crippen LogP contribution is -2.49. The van der Waals surface area contributed by atoms with Crippen molar-refractivity contribution in [2.45, 2.75) is 26.4 Å². The first kappa shape index (κ1) is 24.2. The van der Waals surface area contributed by atoms with Crippen molar-refractivity contribution in [3.63, 3.8) is 0 Å². The fraction of sp³-hybridized carbons (Fsp3) is 0.320. The van der Waals surface area contributed by atoms with Crippen LogP contribution in [-0.4, -0.2) is 47.0 Å². The SMILES string of the molecule is Cc1nc(C)c(Cc2cccc(C(F)(F)F)c2)c(N2CCN(C(=O)c3ccc(Br)cc3)CC2)n1. The lowest BCUT2D eigenvalue weighted by Gasteiger charge is -2.36. The maximum absolute atomic E-state index is 13.2. The maximum atomic E-state index is 13.2. The summed E-state index contributed by atoms with van der Waals surface area (Å²) in [7, 11) is 0. The molecule has 1 aliphatic rings. The number of carbonyl (C=O) groups excluding carboxylic acids is 1. The van der Waals surface area contributed by atoms with Crippen LogP contribution in [0.15, 0.2) is 53.0 Å². The van der Waals surface area contributed by atoms with Crippen molar-refractivity contribution in [1.29, 1.82) is 0 Å². The summed E-state index contributed by atoms with van der Waals surface area (Å²) in [5.74, 6) is 1.30. The van der Waals surface area contributed by atoms with Crippen molar-refractivity contribution in [2.24, 2.45) is 0 Å². The van der Waals surface area contributed by atoms with Crippen LogP contribution in [0.1, 0.15) is 38.6 Å². The topological polar surface area (TPSA) is 49.3 Å². The van der Waals surface area contributed by atoms with E-state index in [1.165, 1.54) is 12.1 Å². The van der Waals surface area contributed by atoms with Gasteiger partial charge < -0.3 is 9.80 Å². The predicted molar refractivity (Wildman–Crippen MR) is 128 cm³/mol. The molecule has 0 spiro atoms. The van der Waals surface area contributed by atoms with Gasteiger partial charge in [0.25, 0.3) is 5.91 Å². The number of piperazine rings is 1. The Kier molecular flexibility index (Phi) is 6.93. The van der Waals surface area contributed by atoms with E-state index >= 15 is 0 Å². The van der Waals surface area contributed by atoms with Crippen molar-refractivity contribution >= 4 is 27.7 Å². The Morgan fingerprint density at radius 3 is 2.32 bits per heavy atom. The highest BCUT2D eigenvalue weighted by atomic mass is 79.9. The van der Waals surface area contributed by atoms with Gasteiger partial charge in [0.1, 0.15) is 11.6 Å². The molecule has 1 saturated heterocycles. The fourth-order valence-corrected chi connectivity index (χ4v) is 4.41. The van der Waals surface area contributed by atoms with Gasteiger partial charge in [-0.2, -0.15) is 13.2 Å². The Morgan fingerprint density at radius 1 is 1.00 bits per heavy atom. The number of anilines is 1. The number of amides is 1. The molecule has 0 unspecified atom stereocenters. The lowest BCUT2D eigenvalue weighted by atomic mass is 10.0. The van der Waals surface area contributed by atoms with Crippen LogP contribution >= 0.6 is 15.9 Å². The third-order valence-electron chi connectivity index (χ3n) is 5.90. The molecule has 0 saturated carbocycles. The third kappa shape index (κ3) is 5.41. The number of hydrogen-bond donors (Lipinski definition) is 0. The fourth-order valence-electron chi connectivity index (χ4n) is 4.14. The second-order valence-corrected chi connectivity index (χ2v) is 9.24. The first-order valence-electron chi connectivity index (χ1n) is 10.9. The zero-order chi connectivity index (χ0) is 24.5. The molecule has 1 fully saturated rings. The normalized spacial score (nSPS) is 14.4. The average molecular weight is 533 g/mol. The number of halogens is 4. The van der Waals surface area contributed by atoms with Gasteiger partial charge in [0.15, 0.2) is 0 Å². The zero-order valence-electron chi connectivity index (χ0n) is 18.9. The number of nitrogens with zero attached hydrogens (tertiary/aromatic N) is 4. The van der Waals surface area contributed by atoms with Gasteiger partial charge in [-0.15, -0.1) is 0 Å². The minimum atomic E-state index is -4.39.